The molecule has 0 radical (unpaired) electrons. The van der Waals surface area contributed by atoms with Crippen LogP contribution in [0.15, 0.2) is 36.4 Å². The number of hydrogen-bond acceptors (Lipinski definition) is 3. The molecular weight excluding hydrogens is 266 g/mol. The van der Waals surface area contributed by atoms with E-state index in [9.17, 15) is 13.6 Å². The van der Waals surface area contributed by atoms with Gasteiger partial charge in [-0.05, 0) is 36.8 Å². The zero-order chi connectivity index (χ0) is 14.7. The fraction of sp³-hybridized carbons (Fsp3) is 0.133. The largest absolute Gasteiger partial charge is 0.508 e. The van der Waals surface area contributed by atoms with E-state index in [1.165, 1.54) is 24.3 Å². The van der Waals surface area contributed by atoms with E-state index >= 15 is 0 Å². The van der Waals surface area contributed by atoms with Crippen molar-refractivity contribution >= 4 is 5.97 Å². The Kier molecular flexibility index (Phi) is 3.98. The molecule has 5 heteroatoms. The number of carbonyl (C=O) groups excluding carboxylic acids is 1. The van der Waals surface area contributed by atoms with Crippen molar-refractivity contribution in [1.29, 1.82) is 0 Å². The number of rotatable bonds is 3. The summed E-state index contributed by atoms with van der Waals surface area (Å²) in [5.41, 5.74) is 0.208. The lowest BCUT2D eigenvalue weighted by molar-refractivity contribution is 0.0521. The monoisotopic (exact) mass is 278 g/mol. The molecule has 0 aliphatic rings. The molecule has 0 amide bonds. The number of aromatic hydroxyl groups is 1. The topological polar surface area (TPSA) is 46.5 Å². The fourth-order valence-corrected chi connectivity index (χ4v) is 1.80. The molecule has 0 unspecified atom stereocenters. The molecule has 0 atom stereocenters. The zero-order valence-corrected chi connectivity index (χ0v) is 10.7. The Balaban J connectivity index is 2.40. The fourth-order valence-electron chi connectivity index (χ4n) is 1.80. The van der Waals surface area contributed by atoms with Crippen LogP contribution in [0.5, 0.6) is 5.75 Å². The Bertz CT molecular complexity index is 654. The van der Waals surface area contributed by atoms with E-state index in [4.69, 9.17) is 9.84 Å². The van der Waals surface area contributed by atoms with Crippen molar-refractivity contribution in [3.8, 4) is 16.9 Å². The average molecular weight is 278 g/mol. The molecule has 0 saturated heterocycles. The van der Waals surface area contributed by atoms with Gasteiger partial charge in [-0.2, -0.15) is 0 Å². The summed E-state index contributed by atoms with van der Waals surface area (Å²) in [4.78, 5) is 11.5. The van der Waals surface area contributed by atoms with Gasteiger partial charge in [0, 0.05) is 11.6 Å². The van der Waals surface area contributed by atoms with Gasteiger partial charge in [-0.25, -0.2) is 13.6 Å². The second kappa shape index (κ2) is 5.69. The SMILES string of the molecule is CCOC(=O)c1ccc(-c2ccc(O)cc2F)cc1F. The molecule has 2 aromatic rings. The van der Waals surface area contributed by atoms with Gasteiger partial charge in [-0.3, -0.25) is 0 Å². The Morgan fingerprint density at radius 3 is 2.50 bits per heavy atom. The lowest BCUT2D eigenvalue weighted by atomic mass is 10.0. The van der Waals surface area contributed by atoms with Crippen molar-refractivity contribution in [2.24, 2.45) is 0 Å². The van der Waals surface area contributed by atoms with Crippen LogP contribution in [0.25, 0.3) is 11.1 Å². The highest BCUT2D eigenvalue weighted by molar-refractivity contribution is 5.90. The lowest BCUT2D eigenvalue weighted by Gasteiger charge is -2.07. The average Bonchev–Trinajstić information content (AvgIpc) is 2.38. The summed E-state index contributed by atoms with van der Waals surface area (Å²) in [6.45, 7) is 1.77. The van der Waals surface area contributed by atoms with E-state index in [0.717, 1.165) is 12.1 Å². The minimum Gasteiger partial charge on any atom is -0.508 e. The predicted molar refractivity (Wildman–Crippen MR) is 69.4 cm³/mol. The summed E-state index contributed by atoms with van der Waals surface area (Å²) in [7, 11) is 0. The number of carbonyl (C=O) groups is 1. The van der Waals surface area contributed by atoms with E-state index < -0.39 is 17.6 Å². The second-order valence-corrected chi connectivity index (χ2v) is 4.08. The predicted octanol–water partition coefficient (Wildman–Crippen LogP) is 3.51. The molecule has 3 nitrogen and oxygen atoms in total. The summed E-state index contributed by atoms with van der Waals surface area (Å²) >= 11 is 0. The summed E-state index contributed by atoms with van der Waals surface area (Å²) in [6, 6.07) is 7.30. The van der Waals surface area contributed by atoms with E-state index in [1.54, 1.807) is 6.92 Å². The van der Waals surface area contributed by atoms with Gasteiger partial charge in [0.15, 0.2) is 0 Å². The summed E-state index contributed by atoms with van der Waals surface area (Å²) in [5, 5.41) is 9.14. The normalized spacial score (nSPS) is 10.3. The van der Waals surface area contributed by atoms with Gasteiger partial charge in [0.1, 0.15) is 17.4 Å². The Morgan fingerprint density at radius 2 is 1.90 bits per heavy atom. The summed E-state index contributed by atoms with van der Waals surface area (Å²) < 4.78 is 32.2. The first-order valence-electron chi connectivity index (χ1n) is 5.98. The number of benzene rings is 2. The standard InChI is InChI=1S/C15H12F2O3/c1-2-20-15(19)12-5-3-9(7-13(12)16)11-6-4-10(18)8-14(11)17/h3-8,18H,2H2,1H3. The van der Waals surface area contributed by atoms with Gasteiger partial charge >= 0.3 is 5.97 Å². The molecule has 0 aliphatic heterocycles. The summed E-state index contributed by atoms with van der Waals surface area (Å²) in [5.74, 6) is -2.43. The quantitative estimate of drug-likeness (QED) is 0.874. The Hall–Kier alpha value is -2.43. The maximum atomic E-state index is 13.8. The third-order valence-electron chi connectivity index (χ3n) is 2.73. The molecule has 0 saturated carbocycles. The van der Waals surface area contributed by atoms with Gasteiger partial charge in [0.2, 0.25) is 0 Å². The van der Waals surface area contributed by atoms with Crippen LogP contribution in [0.2, 0.25) is 0 Å². The third kappa shape index (κ3) is 2.77. The molecular formula is C15H12F2O3. The van der Waals surface area contributed by atoms with Gasteiger partial charge in [-0.15, -0.1) is 0 Å². The molecule has 0 bridgehead atoms. The van der Waals surface area contributed by atoms with Crippen molar-refractivity contribution in [1.82, 2.24) is 0 Å². The molecule has 0 aliphatic carbocycles. The second-order valence-electron chi connectivity index (χ2n) is 4.08. The molecule has 0 fully saturated rings. The van der Waals surface area contributed by atoms with Gasteiger partial charge in [0.25, 0.3) is 0 Å². The third-order valence-corrected chi connectivity index (χ3v) is 2.73. The van der Waals surface area contributed by atoms with Crippen molar-refractivity contribution in [3.63, 3.8) is 0 Å². The first-order valence-corrected chi connectivity index (χ1v) is 5.98. The van der Waals surface area contributed by atoms with E-state index in [2.05, 4.69) is 0 Å². The highest BCUT2D eigenvalue weighted by Gasteiger charge is 2.15. The van der Waals surface area contributed by atoms with E-state index in [0.29, 0.717) is 0 Å². The number of ether oxygens (including phenoxy) is 1. The van der Waals surface area contributed by atoms with Gasteiger partial charge in [-0.1, -0.05) is 6.07 Å². The number of halogens is 2. The highest BCUT2D eigenvalue weighted by Crippen LogP contribution is 2.27. The van der Waals surface area contributed by atoms with Gasteiger partial charge in [0.05, 0.1) is 12.2 Å². The minimum atomic E-state index is -0.784. The smallest absolute Gasteiger partial charge is 0.341 e. The first kappa shape index (κ1) is 14.0. The first-order chi connectivity index (χ1) is 9.52. The number of esters is 1. The van der Waals surface area contributed by atoms with Gasteiger partial charge < -0.3 is 9.84 Å². The molecule has 2 rings (SSSR count). The van der Waals surface area contributed by atoms with Crippen molar-refractivity contribution in [2.75, 3.05) is 6.61 Å². The Morgan fingerprint density at radius 1 is 1.15 bits per heavy atom. The molecule has 1 N–H and O–H groups in total. The summed E-state index contributed by atoms with van der Waals surface area (Å²) in [6.07, 6.45) is 0. The number of phenolic OH excluding ortho intramolecular Hbond substituents is 1. The van der Waals surface area contributed by atoms with Crippen molar-refractivity contribution in [3.05, 3.63) is 53.6 Å². The lowest BCUT2D eigenvalue weighted by Crippen LogP contribution is -2.07. The zero-order valence-electron chi connectivity index (χ0n) is 10.7. The Labute approximate surface area is 114 Å². The highest BCUT2D eigenvalue weighted by atomic mass is 19.1. The van der Waals surface area contributed by atoms with Crippen LogP contribution in [0, 0.1) is 11.6 Å². The number of phenols is 1. The van der Waals surface area contributed by atoms with Crippen LogP contribution in [-0.2, 0) is 4.74 Å². The maximum absolute atomic E-state index is 13.8. The molecule has 0 aromatic heterocycles. The van der Waals surface area contributed by atoms with E-state index in [1.807, 2.05) is 0 Å². The molecule has 20 heavy (non-hydrogen) atoms. The van der Waals surface area contributed by atoms with Crippen molar-refractivity contribution in [2.45, 2.75) is 6.92 Å². The molecule has 0 heterocycles. The number of hydrogen-bond donors (Lipinski definition) is 1. The van der Waals surface area contributed by atoms with Crippen LogP contribution in [0.3, 0.4) is 0 Å². The molecule has 2 aromatic carbocycles. The molecule has 0 spiro atoms. The van der Waals surface area contributed by atoms with Crippen LogP contribution >= 0.6 is 0 Å². The van der Waals surface area contributed by atoms with Crippen molar-refractivity contribution < 1.29 is 23.4 Å². The molecule has 104 valence electrons. The van der Waals surface area contributed by atoms with Crippen LogP contribution < -0.4 is 0 Å². The minimum absolute atomic E-state index is 0.136. The van der Waals surface area contributed by atoms with Crippen LogP contribution in [0.1, 0.15) is 17.3 Å². The van der Waals surface area contributed by atoms with Crippen LogP contribution in [-0.4, -0.2) is 17.7 Å². The van der Waals surface area contributed by atoms with Crippen LogP contribution in [0.4, 0.5) is 8.78 Å². The van der Waals surface area contributed by atoms with E-state index in [-0.39, 0.29) is 29.0 Å². The maximum Gasteiger partial charge on any atom is 0.341 e.